The van der Waals surface area contributed by atoms with Crippen LogP contribution in [0.2, 0.25) is 0 Å². The molecule has 0 unspecified atom stereocenters. The van der Waals surface area contributed by atoms with E-state index in [0.29, 0.717) is 6.04 Å². The van der Waals surface area contributed by atoms with Gasteiger partial charge < -0.3 is 5.11 Å². The number of aliphatic hydroxyl groups excluding tert-OH is 1. The quantitative estimate of drug-likeness (QED) is 0.638. The molecular formula is C25H34ClNO. The van der Waals surface area contributed by atoms with E-state index >= 15 is 0 Å². The Kier molecular flexibility index (Phi) is 7.88. The number of nitrogens with zero attached hydrogens (tertiary/aromatic N) is 1. The number of aliphatic hydroxyl groups is 1. The van der Waals surface area contributed by atoms with E-state index in [9.17, 15) is 5.11 Å². The standard InChI is InChI=1S/C25H33NO.ClH/c1-19-16-21(8-7-20-10-13-23(14-11-20)25(2,3)4)9-12-22(19)17-26-15-5-6-24(26)18-27;/h7-14,16,24,27H,5-6,15,17-18H2,1-4H3;1H/b8-7+;/t24-;/m1./s1. The molecule has 28 heavy (non-hydrogen) atoms. The van der Waals surface area contributed by atoms with E-state index in [1.54, 1.807) is 0 Å². The van der Waals surface area contributed by atoms with Crippen LogP contribution < -0.4 is 0 Å². The lowest BCUT2D eigenvalue weighted by molar-refractivity contribution is 0.153. The highest BCUT2D eigenvalue weighted by Gasteiger charge is 2.23. The van der Waals surface area contributed by atoms with Gasteiger partial charge in [0.2, 0.25) is 0 Å². The summed E-state index contributed by atoms with van der Waals surface area (Å²) in [5.74, 6) is 0. The van der Waals surface area contributed by atoms with Crippen molar-refractivity contribution in [3.63, 3.8) is 0 Å². The minimum Gasteiger partial charge on any atom is -0.395 e. The van der Waals surface area contributed by atoms with Gasteiger partial charge >= 0.3 is 0 Å². The lowest BCUT2D eigenvalue weighted by atomic mass is 9.87. The van der Waals surface area contributed by atoms with Crippen LogP contribution in [0.4, 0.5) is 0 Å². The lowest BCUT2D eigenvalue weighted by Gasteiger charge is -2.23. The largest absolute Gasteiger partial charge is 0.395 e. The van der Waals surface area contributed by atoms with E-state index in [2.05, 4.69) is 87.2 Å². The summed E-state index contributed by atoms with van der Waals surface area (Å²) in [6, 6.07) is 15.9. The van der Waals surface area contributed by atoms with Crippen molar-refractivity contribution in [2.24, 2.45) is 0 Å². The Morgan fingerprint density at radius 1 is 1.04 bits per heavy atom. The van der Waals surface area contributed by atoms with Crippen LogP contribution in [0, 0.1) is 6.92 Å². The molecule has 1 fully saturated rings. The molecule has 2 nitrogen and oxygen atoms in total. The molecule has 0 spiro atoms. The van der Waals surface area contributed by atoms with Gasteiger partial charge in [0.1, 0.15) is 0 Å². The first-order chi connectivity index (χ1) is 12.9. The number of halogens is 1. The van der Waals surface area contributed by atoms with Crippen LogP contribution in [-0.4, -0.2) is 29.2 Å². The van der Waals surface area contributed by atoms with Crippen LogP contribution in [0.15, 0.2) is 42.5 Å². The maximum Gasteiger partial charge on any atom is 0.0587 e. The molecule has 2 aromatic rings. The molecule has 0 bridgehead atoms. The van der Waals surface area contributed by atoms with Crippen molar-refractivity contribution in [2.75, 3.05) is 13.2 Å². The molecular weight excluding hydrogens is 366 g/mol. The Balaban J connectivity index is 0.00000280. The molecule has 0 aromatic heterocycles. The Hall–Kier alpha value is -1.61. The monoisotopic (exact) mass is 399 g/mol. The van der Waals surface area contributed by atoms with Crippen molar-refractivity contribution in [3.05, 3.63) is 70.3 Å². The Morgan fingerprint density at radius 2 is 1.68 bits per heavy atom. The Bertz CT molecular complexity index is 789. The molecule has 1 N–H and O–H groups in total. The van der Waals surface area contributed by atoms with E-state index in [1.165, 1.54) is 34.2 Å². The van der Waals surface area contributed by atoms with E-state index < -0.39 is 0 Å². The molecule has 0 aliphatic carbocycles. The van der Waals surface area contributed by atoms with E-state index in [0.717, 1.165) is 19.5 Å². The van der Waals surface area contributed by atoms with Gasteiger partial charge in [-0.1, -0.05) is 75.4 Å². The minimum absolute atomic E-state index is 0. The highest BCUT2D eigenvalue weighted by molar-refractivity contribution is 5.85. The highest BCUT2D eigenvalue weighted by Crippen LogP contribution is 2.24. The van der Waals surface area contributed by atoms with Crippen molar-refractivity contribution in [1.82, 2.24) is 4.90 Å². The molecule has 1 atom stereocenters. The summed E-state index contributed by atoms with van der Waals surface area (Å²) in [4.78, 5) is 2.41. The molecule has 3 heteroatoms. The third-order valence-electron chi connectivity index (χ3n) is 5.69. The maximum atomic E-state index is 9.52. The van der Waals surface area contributed by atoms with Gasteiger partial charge in [-0.25, -0.2) is 0 Å². The van der Waals surface area contributed by atoms with Crippen LogP contribution in [0.25, 0.3) is 12.2 Å². The fourth-order valence-electron chi connectivity index (χ4n) is 3.82. The average molecular weight is 400 g/mol. The fourth-order valence-corrected chi connectivity index (χ4v) is 3.82. The van der Waals surface area contributed by atoms with Crippen LogP contribution in [-0.2, 0) is 12.0 Å². The van der Waals surface area contributed by atoms with Crippen molar-refractivity contribution >= 4 is 24.6 Å². The molecule has 3 rings (SSSR count). The summed E-state index contributed by atoms with van der Waals surface area (Å²) in [5, 5.41) is 9.52. The van der Waals surface area contributed by atoms with Crippen LogP contribution in [0.5, 0.6) is 0 Å². The molecule has 0 amide bonds. The zero-order chi connectivity index (χ0) is 19.4. The Labute approximate surface area is 176 Å². The van der Waals surface area contributed by atoms with Gasteiger partial charge in [-0.2, -0.15) is 0 Å². The van der Waals surface area contributed by atoms with Gasteiger partial charge in [0.25, 0.3) is 0 Å². The van der Waals surface area contributed by atoms with Gasteiger partial charge in [-0.05, 0) is 59.5 Å². The molecule has 1 aliphatic rings. The van der Waals surface area contributed by atoms with Gasteiger partial charge in [-0.15, -0.1) is 12.4 Å². The first kappa shape index (κ1) is 22.7. The predicted molar refractivity (Wildman–Crippen MR) is 123 cm³/mol. The summed E-state index contributed by atoms with van der Waals surface area (Å²) in [6.07, 6.45) is 6.68. The van der Waals surface area contributed by atoms with Crippen LogP contribution in [0.3, 0.4) is 0 Å². The Morgan fingerprint density at radius 3 is 2.29 bits per heavy atom. The van der Waals surface area contributed by atoms with E-state index in [1.807, 2.05) is 0 Å². The number of benzene rings is 2. The van der Waals surface area contributed by atoms with Gasteiger partial charge in [0.15, 0.2) is 0 Å². The van der Waals surface area contributed by atoms with Crippen molar-refractivity contribution in [1.29, 1.82) is 0 Å². The highest BCUT2D eigenvalue weighted by atomic mass is 35.5. The number of likely N-dealkylation sites (tertiary alicyclic amines) is 1. The molecule has 1 heterocycles. The molecule has 2 aromatic carbocycles. The molecule has 0 radical (unpaired) electrons. The number of rotatable bonds is 5. The van der Waals surface area contributed by atoms with E-state index in [4.69, 9.17) is 0 Å². The second kappa shape index (κ2) is 9.73. The maximum absolute atomic E-state index is 9.52. The van der Waals surface area contributed by atoms with Crippen LogP contribution in [0.1, 0.15) is 61.4 Å². The average Bonchev–Trinajstić information content (AvgIpc) is 3.09. The number of hydrogen-bond donors (Lipinski definition) is 1. The molecule has 152 valence electrons. The minimum atomic E-state index is 0. The zero-order valence-electron chi connectivity index (χ0n) is 17.6. The molecule has 1 saturated heterocycles. The summed E-state index contributed by atoms with van der Waals surface area (Å²) >= 11 is 0. The SMILES string of the molecule is Cc1cc(/C=C/c2ccc(C(C)(C)C)cc2)ccc1CN1CCC[C@@H]1CO.Cl. The first-order valence-corrected chi connectivity index (χ1v) is 10.1. The second-order valence-electron chi connectivity index (χ2n) is 8.84. The predicted octanol–water partition coefficient (Wildman–Crippen LogP) is 5.84. The molecule has 0 saturated carbocycles. The summed E-state index contributed by atoms with van der Waals surface area (Å²) in [7, 11) is 0. The van der Waals surface area contributed by atoms with Crippen LogP contribution >= 0.6 is 12.4 Å². The fraction of sp³-hybridized carbons (Fsp3) is 0.440. The third-order valence-corrected chi connectivity index (χ3v) is 5.69. The lowest BCUT2D eigenvalue weighted by Crippen LogP contribution is -2.31. The summed E-state index contributed by atoms with van der Waals surface area (Å²) < 4.78 is 0. The van der Waals surface area contributed by atoms with Crippen molar-refractivity contribution in [2.45, 2.75) is 58.5 Å². The van der Waals surface area contributed by atoms with Gasteiger partial charge in [0, 0.05) is 12.6 Å². The normalized spacial score (nSPS) is 17.8. The topological polar surface area (TPSA) is 23.5 Å². The second-order valence-corrected chi connectivity index (χ2v) is 8.84. The molecule has 1 aliphatic heterocycles. The van der Waals surface area contributed by atoms with E-state index in [-0.39, 0.29) is 24.4 Å². The smallest absolute Gasteiger partial charge is 0.0587 e. The van der Waals surface area contributed by atoms with Crippen molar-refractivity contribution in [3.8, 4) is 0 Å². The number of hydrogen-bond acceptors (Lipinski definition) is 2. The van der Waals surface area contributed by atoms with Crippen molar-refractivity contribution < 1.29 is 5.11 Å². The zero-order valence-corrected chi connectivity index (χ0v) is 18.4. The summed E-state index contributed by atoms with van der Waals surface area (Å²) in [6.45, 7) is 11.2. The third kappa shape index (κ3) is 5.70. The number of aryl methyl sites for hydroxylation is 1. The van der Waals surface area contributed by atoms with Gasteiger partial charge in [0.05, 0.1) is 6.61 Å². The first-order valence-electron chi connectivity index (χ1n) is 10.1. The summed E-state index contributed by atoms with van der Waals surface area (Å²) in [5.41, 5.74) is 6.71. The van der Waals surface area contributed by atoms with Gasteiger partial charge in [-0.3, -0.25) is 4.90 Å².